The zero-order valence-electron chi connectivity index (χ0n) is 10.1. The standard InChI is InChI=1S/C15H16O2S/c16-10-13-6-8-15(9-7-13)18-12-17-11-14-4-2-1-3-5-14/h1-9,16H,10-12H2. The molecule has 0 aliphatic heterocycles. The molecule has 0 atom stereocenters. The molecule has 0 radical (unpaired) electrons. The summed E-state index contributed by atoms with van der Waals surface area (Å²) < 4.78 is 5.59. The van der Waals surface area contributed by atoms with E-state index in [-0.39, 0.29) is 6.61 Å². The van der Waals surface area contributed by atoms with E-state index >= 15 is 0 Å². The van der Waals surface area contributed by atoms with Gasteiger partial charge in [-0.1, -0.05) is 54.2 Å². The quantitative estimate of drug-likeness (QED) is 0.490. The minimum atomic E-state index is 0.0927. The third kappa shape index (κ3) is 4.18. The smallest absolute Gasteiger partial charge is 0.0971 e. The summed E-state index contributed by atoms with van der Waals surface area (Å²) >= 11 is 1.66. The first-order chi connectivity index (χ1) is 8.88. The molecule has 0 fully saturated rings. The van der Waals surface area contributed by atoms with Crippen molar-refractivity contribution in [2.45, 2.75) is 18.1 Å². The van der Waals surface area contributed by atoms with Crippen LogP contribution in [-0.2, 0) is 18.0 Å². The van der Waals surface area contributed by atoms with Crippen molar-refractivity contribution >= 4 is 11.8 Å². The second-order valence-electron chi connectivity index (χ2n) is 3.90. The highest BCUT2D eigenvalue weighted by Gasteiger charge is 1.96. The number of hydrogen-bond acceptors (Lipinski definition) is 3. The maximum atomic E-state index is 8.94. The molecular formula is C15H16O2S. The van der Waals surface area contributed by atoms with Gasteiger partial charge in [-0.15, -0.1) is 0 Å². The summed E-state index contributed by atoms with van der Waals surface area (Å²) in [5.41, 5.74) is 2.12. The number of aliphatic hydroxyl groups is 1. The number of benzene rings is 2. The molecule has 2 aromatic rings. The van der Waals surface area contributed by atoms with Gasteiger partial charge in [-0.25, -0.2) is 0 Å². The maximum absolute atomic E-state index is 8.94. The molecule has 0 aliphatic carbocycles. The summed E-state index contributed by atoms with van der Waals surface area (Å²) in [6, 6.07) is 18.0. The number of aliphatic hydroxyl groups excluding tert-OH is 1. The second-order valence-corrected chi connectivity index (χ2v) is 4.89. The zero-order valence-corrected chi connectivity index (χ0v) is 10.9. The fourth-order valence-corrected chi connectivity index (χ4v) is 2.17. The van der Waals surface area contributed by atoms with Crippen molar-refractivity contribution in [1.82, 2.24) is 0 Å². The molecule has 0 saturated heterocycles. The van der Waals surface area contributed by atoms with Crippen molar-refractivity contribution < 1.29 is 9.84 Å². The van der Waals surface area contributed by atoms with Crippen LogP contribution in [0.1, 0.15) is 11.1 Å². The predicted molar refractivity (Wildman–Crippen MR) is 74.3 cm³/mol. The lowest BCUT2D eigenvalue weighted by molar-refractivity contribution is 0.169. The van der Waals surface area contributed by atoms with Gasteiger partial charge in [-0.3, -0.25) is 0 Å². The van der Waals surface area contributed by atoms with Crippen LogP contribution in [0, 0.1) is 0 Å². The third-order valence-corrected chi connectivity index (χ3v) is 3.42. The Bertz CT molecular complexity index is 454. The highest BCUT2D eigenvalue weighted by Crippen LogP contribution is 2.19. The maximum Gasteiger partial charge on any atom is 0.0971 e. The molecule has 0 saturated carbocycles. The summed E-state index contributed by atoms with van der Waals surface area (Å²) in [5, 5.41) is 8.94. The molecule has 94 valence electrons. The molecule has 0 bridgehead atoms. The van der Waals surface area contributed by atoms with E-state index in [0.717, 1.165) is 10.5 Å². The van der Waals surface area contributed by atoms with Gasteiger partial charge in [0.1, 0.15) is 0 Å². The summed E-state index contributed by atoms with van der Waals surface area (Å²) in [6.07, 6.45) is 0. The van der Waals surface area contributed by atoms with Gasteiger partial charge < -0.3 is 9.84 Å². The van der Waals surface area contributed by atoms with E-state index in [1.54, 1.807) is 11.8 Å². The lowest BCUT2D eigenvalue weighted by Gasteiger charge is -2.05. The van der Waals surface area contributed by atoms with Gasteiger partial charge in [0, 0.05) is 4.90 Å². The Kier molecular flexibility index (Phi) is 5.27. The van der Waals surface area contributed by atoms with Crippen LogP contribution >= 0.6 is 11.8 Å². The van der Waals surface area contributed by atoms with Crippen molar-refractivity contribution in [2.75, 3.05) is 5.94 Å². The van der Waals surface area contributed by atoms with Gasteiger partial charge in [0.15, 0.2) is 0 Å². The van der Waals surface area contributed by atoms with Crippen molar-refractivity contribution in [1.29, 1.82) is 0 Å². The first-order valence-corrected chi connectivity index (χ1v) is 6.81. The van der Waals surface area contributed by atoms with Crippen molar-refractivity contribution in [3.8, 4) is 0 Å². The molecule has 2 nitrogen and oxygen atoms in total. The SMILES string of the molecule is OCc1ccc(SCOCc2ccccc2)cc1. The van der Waals surface area contributed by atoms with Crippen LogP contribution in [0.5, 0.6) is 0 Å². The van der Waals surface area contributed by atoms with E-state index in [1.165, 1.54) is 5.56 Å². The van der Waals surface area contributed by atoms with E-state index in [1.807, 2.05) is 42.5 Å². The largest absolute Gasteiger partial charge is 0.392 e. The molecular weight excluding hydrogens is 244 g/mol. The normalized spacial score (nSPS) is 10.5. The molecule has 18 heavy (non-hydrogen) atoms. The molecule has 0 amide bonds. The van der Waals surface area contributed by atoms with Crippen LogP contribution in [0.2, 0.25) is 0 Å². The van der Waals surface area contributed by atoms with Gasteiger partial charge in [-0.05, 0) is 23.3 Å². The zero-order chi connectivity index (χ0) is 12.6. The fraction of sp³-hybridized carbons (Fsp3) is 0.200. The molecule has 0 spiro atoms. The Morgan fingerprint density at radius 1 is 0.889 bits per heavy atom. The van der Waals surface area contributed by atoms with Crippen LogP contribution < -0.4 is 0 Å². The number of thioether (sulfide) groups is 1. The van der Waals surface area contributed by atoms with Crippen LogP contribution in [0.3, 0.4) is 0 Å². The van der Waals surface area contributed by atoms with Gasteiger partial charge in [0.05, 0.1) is 19.2 Å². The molecule has 1 N–H and O–H groups in total. The molecule has 3 heteroatoms. The summed E-state index contributed by atoms with van der Waals surface area (Å²) in [4.78, 5) is 1.15. The minimum absolute atomic E-state index is 0.0927. The Hall–Kier alpha value is -1.29. The van der Waals surface area contributed by atoms with Gasteiger partial charge in [0.2, 0.25) is 0 Å². The predicted octanol–water partition coefficient (Wildman–Crippen LogP) is 3.45. The van der Waals surface area contributed by atoms with Crippen LogP contribution in [0.25, 0.3) is 0 Å². The average Bonchev–Trinajstić information content (AvgIpc) is 2.45. The average molecular weight is 260 g/mol. The molecule has 0 aliphatic rings. The minimum Gasteiger partial charge on any atom is -0.392 e. The van der Waals surface area contributed by atoms with Crippen molar-refractivity contribution in [3.05, 3.63) is 65.7 Å². The van der Waals surface area contributed by atoms with Crippen molar-refractivity contribution in [2.24, 2.45) is 0 Å². The summed E-state index contributed by atoms with van der Waals surface area (Å²) in [6.45, 7) is 0.734. The highest BCUT2D eigenvalue weighted by molar-refractivity contribution is 7.99. The van der Waals surface area contributed by atoms with Gasteiger partial charge in [0.25, 0.3) is 0 Å². The van der Waals surface area contributed by atoms with Gasteiger partial charge >= 0.3 is 0 Å². The van der Waals surface area contributed by atoms with E-state index in [0.29, 0.717) is 12.5 Å². The Balaban J connectivity index is 1.72. The molecule has 0 heterocycles. The summed E-state index contributed by atoms with van der Waals surface area (Å²) in [5.74, 6) is 0.632. The molecule has 2 rings (SSSR count). The van der Waals surface area contributed by atoms with E-state index in [2.05, 4.69) is 12.1 Å². The van der Waals surface area contributed by atoms with E-state index < -0.39 is 0 Å². The third-order valence-electron chi connectivity index (χ3n) is 2.53. The van der Waals surface area contributed by atoms with Crippen LogP contribution in [0.4, 0.5) is 0 Å². The fourth-order valence-electron chi connectivity index (χ4n) is 1.53. The lowest BCUT2D eigenvalue weighted by Crippen LogP contribution is -1.91. The topological polar surface area (TPSA) is 29.5 Å². The second kappa shape index (κ2) is 7.21. The Morgan fingerprint density at radius 3 is 2.28 bits per heavy atom. The van der Waals surface area contributed by atoms with Crippen LogP contribution in [-0.4, -0.2) is 11.0 Å². The Morgan fingerprint density at radius 2 is 1.61 bits per heavy atom. The number of hydrogen-bond donors (Lipinski definition) is 1. The highest BCUT2D eigenvalue weighted by atomic mass is 32.2. The van der Waals surface area contributed by atoms with Crippen LogP contribution in [0.15, 0.2) is 59.5 Å². The van der Waals surface area contributed by atoms with E-state index in [4.69, 9.17) is 9.84 Å². The number of ether oxygens (including phenoxy) is 1. The Labute approximate surface area is 112 Å². The van der Waals surface area contributed by atoms with Gasteiger partial charge in [-0.2, -0.15) is 0 Å². The monoisotopic (exact) mass is 260 g/mol. The molecule has 0 aromatic heterocycles. The molecule has 0 unspecified atom stereocenters. The molecule has 2 aromatic carbocycles. The first kappa shape index (κ1) is 13.1. The van der Waals surface area contributed by atoms with Crippen molar-refractivity contribution in [3.63, 3.8) is 0 Å². The summed E-state index contributed by atoms with van der Waals surface area (Å²) in [7, 11) is 0. The van der Waals surface area contributed by atoms with E-state index in [9.17, 15) is 0 Å². The first-order valence-electron chi connectivity index (χ1n) is 5.83. The lowest BCUT2D eigenvalue weighted by atomic mass is 10.2. The number of rotatable bonds is 6.